The predicted octanol–water partition coefficient (Wildman–Crippen LogP) is 2.77. The molecular weight excluding hydrogens is 421 g/mol. The first kappa shape index (κ1) is 21.2. The molecule has 10 heteroatoms. The fourth-order valence-electron chi connectivity index (χ4n) is 3.98. The molecule has 3 N–H and O–H groups in total. The fourth-order valence-corrected chi connectivity index (χ4v) is 3.98. The maximum atomic E-state index is 14.9. The van der Waals surface area contributed by atoms with Gasteiger partial charge in [0.2, 0.25) is 5.95 Å². The Balaban J connectivity index is 1.37. The summed E-state index contributed by atoms with van der Waals surface area (Å²) < 4.78 is 14.9. The number of H-pyrrole nitrogens is 1. The Bertz CT molecular complexity index is 1260. The predicted molar refractivity (Wildman–Crippen MR) is 127 cm³/mol. The highest BCUT2D eigenvalue weighted by molar-refractivity contribution is 5.83. The Labute approximate surface area is 191 Å². The lowest BCUT2D eigenvalue weighted by molar-refractivity contribution is 0.233. The van der Waals surface area contributed by atoms with Crippen molar-refractivity contribution in [2.45, 2.75) is 6.54 Å². The monoisotopic (exact) mass is 447 g/mol. The number of fused-ring (bicyclic) bond motifs is 1. The van der Waals surface area contributed by atoms with Gasteiger partial charge >= 0.3 is 0 Å². The third-order valence-electron chi connectivity index (χ3n) is 5.64. The number of piperazine rings is 1. The highest BCUT2D eigenvalue weighted by Gasteiger charge is 2.16. The van der Waals surface area contributed by atoms with Crippen LogP contribution in [0.4, 0.5) is 22.0 Å². The second-order valence-electron chi connectivity index (χ2n) is 8.27. The van der Waals surface area contributed by atoms with Crippen LogP contribution in [0.15, 0.2) is 42.9 Å². The number of hydrogen-bond donors (Lipinski definition) is 3. The summed E-state index contributed by atoms with van der Waals surface area (Å²) in [5.74, 6) is 1.09. The van der Waals surface area contributed by atoms with Crippen LogP contribution in [0, 0.1) is 5.82 Å². The lowest BCUT2D eigenvalue weighted by atomic mass is 10.1. The van der Waals surface area contributed by atoms with Crippen LogP contribution < -0.4 is 15.5 Å². The van der Waals surface area contributed by atoms with Gasteiger partial charge in [0.25, 0.3) is 0 Å². The van der Waals surface area contributed by atoms with Gasteiger partial charge in [0.05, 0.1) is 11.0 Å². The Morgan fingerprint density at radius 3 is 2.76 bits per heavy atom. The molecule has 0 atom stereocenters. The second kappa shape index (κ2) is 9.08. The van der Waals surface area contributed by atoms with Crippen molar-refractivity contribution in [2.75, 3.05) is 50.5 Å². The van der Waals surface area contributed by atoms with E-state index < -0.39 is 5.82 Å². The number of pyridine rings is 1. The van der Waals surface area contributed by atoms with Gasteiger partial charge in [-0.1, -0.05) is 6.07 Å². The van der Waals surface area contributed by atoms with E-state index in [1.54, 1.807) is 25.2 Å². The van der Waals surface area contributed by atoms with Gasteiger partial charge in [-0.2, -0.15) is 0 Å². The van der Waals surface area contributed by atoms with E-state index in [2.05, 4.69) is 40.5 Å². The number of hydrogen-bond acceptors (Lipinski definition) is 8. The van der Waals surface area contributed by atoms with Crippen LogP contribution in [-0.4, -0.2) is 70.1 Å². The first-order chi connectivity index (χ1) is 16.1. The molecule has 0 spiro atoms. The van der Waals surface area contributed by atoms with Gasteiger partial charge in [0.1, 0.15) is 17.8 Å². The molecule has 0 amide bonds. The molecule has 9 nitrogen and oxygen atoms in total. The smallest absolute Gasteiger partial charge is 0.206 e. The molecule has 5 rings (SSSR count). The van der Waals surface area contributed by atoms with Crippen molar-refractivity contribution in [3.63, 3.8) is 0 Å². The maximum absolute atomic E-state index is 14.9. The van der Waals surface area contributed by atoms with Crippen molar-refractivity contribution in [1.82, 2.24) is 35.1 Å². The average Bonchev–Trinajstić information content (AvgIpc) is 3.21. The van der Waals surface area contributed by atoms with Crippen molar-refractivity contribution in [1.29, 1.82) is 0 Å². The van der Waals surface area contributed by atoms with Crippen molar-refractivity contribution in [2.24, 2.45) is 0 Å². The van der Waals surface area contributed by atoms with E-state index in [0.717, 1.165) is 49.6 Å². The molecule has 1 saturated heterocycles. The van der Waals surface area contributed by atoms with E-state index in [1.165, 1.54) is 11.9 Å². The molecule has 1 fully saturated rings. The quantitative estimate of drug-likeness (QED) is 0.415. The zero-order chi connectivity index (χ0) is 22.8. The minimum absolute atomic E-state index is 0.249. The first-order valence-electron chi connectivity index (χ1n) is 10.9. The van der Waals surface area contributed by atoms with Crippen molar-refractivity contribution in [3.8, 4) is 11.3 Å². The largest absolute Gasteiger partial charge is 0.360 e. The summed E-state index contributed by atoms with van der Waals surface area (Å²) in [4.78, 5) is 24.5. The molecule has 1 aliphatic rings. The summed E-state index contributed by atoms with van der Waals surface area (Å²) in [6.07, 6.45) is 3.18. The second-order valence-corrected chi connectivity index (χ2v) is 8.27. The van der Waals surface area contributed by atoms with Gasteiger partial charge < -0.3 is 20.5 Å². The van der Waals surface area contributed by atoms with E-state index in [1.807, 2.05) is 30.3 Å². The molecule has 0 saturated carbocycles. The van der Waals surface area contributed by atoms with E-state index in [4.69, 9.17) is 0 Å². The van der Waals surface area contributed by atoms with Gasteiger partial charge in [-0.25, -0.2) is 24.3 Å². The van der Waals surface area contributed by atoms with Crippen LogP contribution in [0.25, 0.3) is 22.3 Å². The van der Waals surface area contributed by atoms with Crippen LogP contribution in [0.3, 0.4) is 0 Å². The molecule has 1 aliphatic heterocycles. The molecule has 0 bridgehead atoms. The zero-order valence-corrected chi connectivity index (χ0v) is 18.6. The highest BCUT2D eigenvalue weighted by atomic mass is 19.1. The molecule has 0 aliphatic carbocycles. The molecule has 4 aromatic rings. The topological polar surface area (TPSA) is 97.9 Å². The number of anilines is 3. The maximum Gasteiger partial charge on any atom is 0.206 e. The minimum atomic E-state index is -0.454. The van der Waals surface area contributed by atoms with E-state index in [-0.39, 0.29) is 11.5 Å². The summed E-state index contributed by atoms with van der Waals surface area (Å²) in [5, 5.41) is 6.62. The number of benzene rings is 1. The van der Waals surface area contributed by atoms with Crippen molar-refractivity contribution < 1.29 is 4.39 Å². The molecule has 170 valence electrons. The Morgan fingerprint density at radius 1 is 1.09 bits per heavy atom. The first-order valence-corrected chi connectivity index (χ1v) is 10.9. The zero-order valence-electron chi connectivity index (χ0n) is 18.6. The van der Waals surface area contributed by atoms with E-state index in [9.17, 15) is 4.39 Å². The number of aromatic nitrogens is 5. The van der Waals surface area contributed by atoms with Crippen LogP contribution >= 0.6 is 0 Å². The summed E-state index contributed by atoms with van der Waals surface area (Å²) in [5.41, 5.74) is 3.64. The Hall–Kier alpha value is -3.63. The molecule has 0 unspecified atom stereocenters. The van der Waals surface area contributed by atoms with E-state index >= 15 is 0 Å². The van der Waals surface area contributed by atoms with E-state index in [0.29, 0.717) is 11.5 Å². The molecule has 33 heavy (non-hydrogen) atoms. The SMILES string of the molecule is CN(C)c1ncnc(-c2ccc3nc(Nc4cc(CN5CCNCC5)ccn4)[nH]c3c2)c1F. The Kier molecular flexibility index (Phi) is 5.84. The standard InChI is InChI=1S/C23H26FN9/c1-32(2)22-20(24)21(27-14-28-22)16-3-4-17-18(12-16)30-23(29-17)31-19-11-15(5-6-26-19)13-33-9-7-25-8-10-33/h3-6,11-12,14,25H,7-10,13H2,1-2H3,(H2,26,29,30,31). The van der Waals surface area contributed by atoms with Gasteiger partial charge in [0.15, 0.2) is 11.6 Å². The lowest BCUT2D eigenvalue weighted by Gasteiger charge is -2.27. The van der Waals surface area contributed by atoms with Crippen LogP contribution in [0.1, 0.15) is 5.56 Å². The number of nitrogens with zero attached hydrogens (tertiary/aromatic N) is 6. The van der Waals surface area contributed by atoms with Crippen LogP contribution in [-0.2, 0) is 6.54 Å². The molecule has 0 radical (unpaired) electrons. The van der Waals surface area contributed by atoms with Crippen molar-refractivity contribution >= 4 is 28.6 Å². The Morgan fingerprint density at radius 2 is 1.94 bits per heavy atom. The number of nitrogens with one attached hydrogen (secondary N) is 3. The van der Waals surface area contributed by atoms with Crippen molar-refractivity contribution in [3.05, 3.63) is 54.2 Å². The number of rotatable bonds is 6. The van der Waals surface area contributed by atoms with Gasteiger partial charge in [-0.15, -0.1) is 0 Å². The number of imidazole rings is 1. The molecule has 4 heterocycles. The molecular formula is C23H26FN9. The number of halogens is 1. The fraction of sp³-hybridized carbons (Fsp3) is 0.304. The van der Waals surface area contributed by atoms with Gasteiger partial charge in [0, 0.05) is 58.6 Å². The average molecular weight is 448 g/mol. The van der Waals surface area contributed by atoms with Crippen LogP contribution in [0.2, 0.25) is 0 Å². The lowest BCUT2D eigenvalue weighted by Crippen LogP contribution is -2.42. The summed E-state index contributed by atoms with van der Waals surface area (Å²) in [6.45, 7) is 5.01. The van der Waals surface area contributed by atoms with Crippen LogP contribution in [0.5, 0.6) is 0 Å². The summed E-state index contributed by atoms with van der Waals surface area (Å²) in [7, 11) is 3.50. The molecule has 1 aromatic carbocycles. The normalized spacial score (nSPS) is 14.5. The highest BCUT2D eigenvalue weighted by Crippen LogP contribution is 2.28. The van der Waals surface area contributed by atoms with Gasteiger partial charge in [-0.05, 0) is 29.8 Å². The summed E-state index contributed by atoms with van der Waals surface area (Å²) in [6, 6.07) is 9.57. The minimum Gasteiger partial charge on any atom is -0.360 e. The molecule has 3 aromatic heterocycles. The summed E-state index contributed by atoms with van der Waals surface area (Å²) >= 11 is 0. The number of aromatic amines is 1. The third kappa shape index (κ3) is 4.62. The third-order valence-corrected chi connectivity index (χ3v) is 5.64. The van der Waals surface area contributed by atoms with Gasteiger partial charge in [-0.3, -0.25) is 4.90 Å².